The van der Waals surface area contributed by atoms with E-state index in [1.54, 1.807) is 48.5 Å². The predicted molar refractivity (Wildman–Crippen MR) is 131 cm³/mol. The monoisotopic (exact) mass is 475 g/mol. The van der Waals surface area contributed by atoms with E-state index in [-0.39, 0.29) is 28.0 Å². The Morgan fingerprint density at radius 2 is 1.79 bits per heavy atom. The second-order valence-corrected chi connectivity index (χ2v) is 8.52. The van der Waals surface area contributed by atoms with Crippen molar-refractivity contribution in [1.82, 2.24) is 14.9 Å². The van der Waals surface area contributed by atoms with Gasteiger partial charge >= 0.3 is 0 Å². The maximum atomic E-state index is 14.0. The third-order valence-electron chi connectivity index (χ3n) is 5.13. The van der Waals surface area contributed by atoms with Crippen LogP contribution in [0, 0.1) is 5.82 Å². The number of hydrogen-bond acceptors (Lipinski definition) is 5. The fraction of sp³-hybridized carbons (Fsp3) is 0.154. The fourth-order valence-corrected chi connectivity index (χ4v) is 4.33. The van der Waals surface area contributed by atoms with Crippen LogP contribution in [-0.2, 0) is 0 Å². The molecule has 4 aromatic rings. The van der Waals surface area contributed by atoms with E-state index in [0.717, 1.165) is 18.2 Å². The van der Waals surface area contributed by atoms with Crippen molar-refractivity contribution in [2.24, 2.45) is 0 Å². The summed E-state index contributed by atoms with van der Waals surface area (Å²) >= 11 is 1.09. The lowest BCUT2D eigenvalue weighted by Crippen LogP contribution is -2.25. The van der Waals surface area contributed by atoms with Crippen molar-refractivity contribution in [3.05, 3.63) is 100 Å². The minimum atomic E-state index is -0.497. The molecule has 0 spiro atoms. The number of hydrogen-bond donors (Lipinski definition) is 1. The average molecular weight is 476 g/mol. The van der Waals surface area contributed by atoms with Crippen LogP contribution >= 0.6 is 11.8 Å². The molecule has 1 heterocycles. The molecule has 0 aliphatic heterocycles. The number of carbonyl (C=O) groups is 2. The number of benzene rings is 3. The summed E-state index contributed by atoms with van der Waals surface area (Å²) in [5.41, 5.74) is 1.15. The Labute approximate surface area is 199 Å². The highest BCUT2D eigenvalue weighted by atomic mass is 32.2. The Hall–Kier alpha value is -3.78. The van der Waals surface area contributed by atoms with Gasteiger partial charge in [-0.2, -0.15) is 0 Å². The Kier molecular flexibility index (Phi) is 7.18. The van der Waals surface area contributed by atoms with Crippen LogP contribution in [0.2, 0.25) is 0 Å². The fourth-order valence-electron chi connectivity index (χ4n) is 3.42. The van der Waals surface area contributed by atoms with E-state index in [0.29, 0.717) is 28.9 Å². The number of nitrogens with one attached hydrogen (secondary N) is 1. The highest BCUT2D eigenvalue weighted by Crippen LogP contribution is 2.23. The van der Waals surface area contributed by atoms with Crippen molar-refractivity contribution in [2.75, 3.05) is 12.3 Å². The Morgan fingerprint density at radius 3 is 2.53 bits per heavy atom. The molecular formula is C26H22FN3O3S. The molecule has 0 saturated heterocycles. The summed E-state index contributed by atoms with van der Waals surface area (Å²) in [4.78, 5) is 43.1. The van der Waals surface area contributed by atoms with Gasteiger partial charge in [-0.25, -0.2) is 9.37 Å². The second-order valence-electron chi connectivity index (χ2n) is 7.58. The van der Waals surface area contributed by atoms with Crippen molar-refractivity contribution >= 4 is 34.4 Å². The molecule has 172 valence electrons. The first-order valence-electron chi connectivity index (χ1n) is 10.8. The summed E-state index contributed by atoms with van der Waals surface area (Å²) in [7, 11) is 0. The molecule has 0 fully saturated rings. The lowest BCUT2D eigenvalue weighted by molar-refractivity contribution is 0.0952. The molecule has 8 heteroatoms. The summed E-state index contributed by atoms with van der Waals surface area (Å²) in [6, 6.07) is 19.1. The number of rotatable bonds is 8. The molecule has 0 aliphatic rings. The van der Waals surface area contributed by atoms with E-state index in [2.05, 4.69) is 10.3 Å². The highest BCUT2D eigenvalue weighted by Gasteiger charge is 2.17. The number of ketones is 1. The van der Waals surface area contributed by atoms with Crippen LogP contribution in [0.1, 0.15) is 34.1 Å². The lowest BCUT2D eigenvalue weighted by atomic mass is 10.1. The van der Waals surface area contributed by atoms with E-state index in [9.17, 15) is 18.8 Å². The topological polar surface area (TPSA) is 81.1 Å². The van der Waals surface area contributed by atoms with Gasteiger partial charge in [0.15, 0.2) is 10.9 Å². The smallest absolute Gasteiger partial charge is 0.266 e. The second kappa shape index (κ2) is 10.4. The lowest BCUT2D eigenvalue weighted by Gasteiger charge is -2.14. The molecule has 34 heavy (non-hydrogen) atoms. The molecule has 0 radical (unpaired) electrons. The molecule has 0 bridgehead atoms. The quantitative estimate of drug-likeness (QED) is 0.228. The van der Waals surface area contributed by atoms with Gasteiger partial charge in [-0.1, -0.05) is 55.1 Å². The van der Waals surface area contributed by atoms with E-state index in [4.69, 9.17) is 0 Å². The van der Waals surface area contributed by atoms with E-state index >= 15 is 0 Å². The third-order valence-corrected chi connectivity index (χ3v) is 6.07. The van der Waals surface area contributed by atoms with Crippen molar-refractivity contribution in [3.63, 3.8) is 0 Å². The molecule has 0 aliphatic carbocycles. The van der Waals surface area contributed by atoms with Crippen LogP contribution in [0.25, 0.3) is 16.6 Å². The molecule has 0 atom stereocenters. The van der Waals surface area contributed by atoms with Gasteiger partial charge in [0, 0.05) is 17.7 Å². The van der Waals surface area contributed by atoms with Gasteiger partial charge in [0.2, 0.25) is 0 Å². The van der Waals surface area contributed by atoms with Crippen LogP contribution in [0.3, 0.4) is 0 Å². The van der Waals surface area contributed by atoms with Crippen LogP contribution in [-0.4, -0.2) is 33.5 Å². The molecule has 1 aromatic heterocycles. The number of fused-ring (bicyclic) bond motifs is 1. The van der Waals surface area contributed by atoms with Gasteiger partial charge in [0.25, 0.3) is 11.5 Å². The highest BCUT2D eigenvalue weighted by molar-refractivity contribution is 7.99. The predicted octanol–water partition coefficient (Wildman–Crippen LogP) is 4.64. The first kappa shape index (κ1) is 23.4. The Balaban J connectivity index is 1.79. The van der Waals surface area contributed by atoms with Gasteiger partial charge in [-0.3, -0.25) is 19.0 Å². The summed E-state index contributed by atoms with van der Waals surface area (Å²) in [6.45, 7) is 2.49. The normalized spacial score (nSPS) is 10.9. The van der Waals surface area contributed by atoms with E-state index in [1.165, 1.54) is 22.8 Å². The molecule has 4 rings (SSSR count). The number of amides is 1. The van der Waals surface area contributed by atoms with Crippen molar-refractivity contribution < 1.29 is 14.0 Å². The largest absolute Gasteiger partial charge is 0.352 e. The summed E-state index contributed by atoms with van der Waals surface area (Å²) in [6.07, 6.45) is 0.798. The van der Waals surface area contributed by atoms with Gasteiger partial charge in [0.1, 0.15) is 5.82 Å². The number of halogens is 1. The van der Waals surface area contributed by atoms with Crippen LogP contribution in [0.5, 0.6) is 0 Å². The zero-order valence-corrected chi connectivity index (χ0v) is 19.3. The minimum absolute atomic E-state index is 0.0357. The third kappa shape index (κ3) is 5.07. The van der Waals surface area contributed by atoms with E-state index < -0.39 is 11.4 Å². The molecule has 1 amide bonds. The van der Waals surface area contributed by atoms with Crippen LogP contribution < -0.4 is 10.9 Å². The van der Waals surface area contributed by atoms with Crippen LogP contribution in [0.4, 0.5) is 4.39 Å². The van der Waals surface area contributed by atoms with Gasteiger partial charge in [0.05, 0.1) is 22.3 Å². The molecular weight excluding hydrogens is 453 g/mol. The van der Waals surface area contributed by atoms with Crippen molar-refractivity contribution in [2.45, 2.75) is 18.5 Å². The Bertz CT molecular complexity index is 1420. The SMILES string of the molecule is CCCNC(=O)c1ccc2c(=O)n(-c3cccc(F)c3)c(SCC(=O)c3ccccc3)nc2c1. The number of Topliss-reactive ketones (excluding diaryl/α,β-unsaturated/α-hetero) is 1. The van der Waals surface area contributed by atoms with E-state index in [1.807, 2.05) is 13.0 Å². The maximum absolute atomic E-state index is 14.0. The summed E-state index contributed by atoms with van der Waals surface area (Å²) in [5, 5.41) is 3.32. The summed E-state index contributed by atoms with van der Waals surface area (Å²) < 4.78 is 15.3. The standard InChI is InChI=1S/C26H22FN3O3S/c1-2-13-28-24(32)18-11-12-21-22(14-18)29-26(34-16-23(31)17-7-4-3-5-8-17)30(25(21)33)20-10-6-9-19(27)15-20/h3-12,14-15H,2,13,16H2,1H3,(H,28,32). The number of nitrogens with zero attached hydrogens (tertiary/aromatic N) is 2. The van der Waals surface area contributed by atoms with Crippen LogP contribution in [0.15, 0.2) is 82.7 Å². The Morgan fingerprint density at radius 1 is 1.00 bits per heavy atom. The molecule has 0 unspecified atom stereocenters. The molecule has 3 aromatic carbocycles. The van der Waals surface area contributed by atoms with Gasteiger partial charge < -0.3 is 5.32 Å². The molecule has 1 N–H and O–H groups in total. The maximum Gasteiger partial charge on any atom is 0.266 e. The van der Waals surface area contributed by atoms with Crippen molar-refractivity contribution in [1.29, 1.82) is 0 Å². The first-order valence-corrected chi connectivity index (χ1v) is 11.8. The first-order chi connectivity index (χ1) is 16.5. The zero-order valence-electron chi connectivity index (χ0n) is 18.5. The van der Waals surface area contributed by atoms with Gasteiger partial charge in [-0.05, 0) is 42.8 Å². The number of aromatic nitrogens is 2. The van der Waals surface area contributed by atoms with Crippen molar-refractivity contribution in [3.8, 4) is 5.69 Å². The van der Waals surface area contributed by atoms with Gasteiger partial charge in [-0.15, -0.1) is 0 Å². The number of thioether (sulfide) groups is 1. The number of carbonyl (C=O) groups excluding carboxylic acids is 2. The molecule has 6 nitrogen and oxygen atoms in total. The molecule has 0 saturated carbocycles. The zero-order chi connectivity index (χ0) is 24.1. The average Bonchev–Trinajstić information content (AvgIpc) is 2.86. The minimum Gasteiger partial charge on any atom is -0.352 e. The summed E-state index contributed by atoms with van der Waals surface area (Å²) in [5.74, 6) is -0.843.